The largest absolute Gasteiger partial charge is 0.397 e. The lowest BCUT2D eigenvalue weighted by molar-refractivity contribution is 1.18. The van der Waals surface area contributed by atoms with Crippen LogP contribution in [0.25, 0.3) is 0 Å². The van der Waals surface area contributed by atoms with Crippen molar-refractivity contribution in [3.63, 3.8) is 0 Å². The standard InChI is InChI=1S/C10H12N4S/c11-9-2-1-7(3-10(9)12)14-5-8-4-13-6-15-8/h1-4,6,14H,5,11-12H2. The van der Waals surface area contributed by atoms with Crippen LogP contribution in [0.15, 0.2) is 29.9 Å². The number of hydrogen-bond acceptors (Lipinski definition) is 5. The van der Waals surface area contributed by atoms with E-state index in [1.54, 1.807) is 17.4 Å². The number of aromatic nitrogens is 1. The molecule has 0 fully saturated rings. The molecule has 0 aliphatic rings. The van der Waals surface area contributed by atoms with E-state index in [-0.39, 0.29) is 0 Å². The molecule has 0 atom stereocenters. The molecule has 2 rings (SSSR count). The summed E-state index contributed by atoms with van der Waals surface area (Å²) in [6, 6.07) is 5.54. The van der Waals surface area contributed by atoms with Gasteiger partial charge >= 0.3 is 0 Å². The molecule has 0 aliphatic carbocycles. The van der Waals surface area contributed by atoms with Crippen LogP contribution in [0.4, 0.5) is 17.1 Å². The van der Waals surface area contributed by atoms with Crippen LogP contribution in [-0.2, 0) is 6.54 Å². The van der Waals surface area contributed by atoms with Crippen molar-refractivity contribution in [2.45, 2.75) is 6.54 Å². The fourth-order valence-corrected chi connectivity index (χ4v) is 1.74. The molecule has 4 nitrogen and oxygen atoms in total. The van der Waals surface area contributed by atoms with Crippen molar-refractivity contribution < 1.29 is 0 Å². The van der Waals surface area contributed by atoms with Crippen molar-refractivity contribution in [2.75, 3.05) is 16.8 Å². The van der Waals surface area contributed by atoms with Crippen LogP contribution < -0.4 is 16.8 Å². The second kappa shape index (κ2) is 4.18. The Labute approximate surface area is 91.9 Å². The molecule has 5 N–H and O–H groups in total. The Hall–Kier alpha value is -1.75. The summed E-state index contributed by atoms with van der Waals surface area (Å²) in [5.41, 5.74) is 15.3. The Morgan fingerprint density at radius 1 is 1.27 bits per heavy atom. The van der Waals surface area contributed by atoms with E-state index in [9.17, 15) is 0 Å². The summed E-state index contributed by atoms with van der Waals surface area (Å²) in [5, 5.41) is 3.25. The minimum absolute atomic E-state index is 0.601. The van der Waals surface area contributed by atoms with Crippen molar-refractivity contribution in [1.82, 2.24) is 4.98 Å². The Kier molecular flexibility index (Phi) is 2.73. The smallest absolute Gasteiger partial charge is 0.0794 e. The highest BCUT2D eigenvalue weighted by Gasteiger charge is 1.98. The topological polar surface area (TPSA) is 77.0 Å². The van der Waals surface area contributed by atoms with Crippen LogP contribution in [0.5, 0.6) is 0 Å². The zero-order valence-electron chi connectivity index (χ0n) is 8.10. The van der Waals surface area contributed by atoms with E-state index < -0.39 is 0 Å². The minimum Gasteiger partial charge on any atom is -0.397 e. The number of hydrogen-bond donors (Lipinski definition) is 3. The van der Waals surface area contributed by atoms with Gasteiger partial charge < -0.3 is 16.8 Å². The van der Waals surface area contributed by atoms with Crippen molar-refractivity contribution in [2.24, 2.45) is 0 Å². The summed E-state index contributed by atoms with van der Waals surface area (Å²) in [4.78, 5) is 5.19. The predicted molar refractivity (Wildman–Crippen MR) is 64.7 cm³/mol. The maximum absolute atomic E-state index is 5.69. The van der Waals surface area contributed by atoms with Crippen molar-refractivity contribution in [3.8, 4) is 0 Å². The lowest BCUT2D eigenvalue weighted by Crippen LogP contribution is -2.00. The number of thiazole rings is 1. The van der Waals surface area contributed by atoms with Crippen LogP contribution in [0.3, 0.4) is 0 Å². The molecule has 1 aromatic carbocycles. The van der Waals surface area contributed by atoms with Gasteiger partial charge in [-0.25, -0.2) is 0 Å². The average Bonchev–Trinajstić information content (AvgIpc) is 2.73. The number of benzene rings is 1. The number of nitrogen functional groups attached to an aromatic ring is 2. The molecule has 1 aromatic heterocycles. The number of anilines is 3. The number of nitrogens with two attached hydrogens (primary N) is 2. The highest BCUT2D eigenvalue weighted by molar-refractivity contribution is 7.09. The first-order valence-electron chi connectivity index (χ1n) is 4.52. The fourth-order valence-electron chi connectivity index (χ4n) is 1.20. The van der Waals surface area contributed by atoms with Crippen LogP contribution in [0.2, 0.25) is 0 Å². The summed E-state index contributed by atoms with van der Waals surface area (Å²) in [5.74, 6) is 0. The molecule has 0 spiro atoms. The van der Waals surface area contributed by atoms with E-state index in [4.69, 9.17) is 11.5 Å². The van der Waals surface area contributed by atoms with E-state index in [0.29, 0.717) is 11.4 Å². The lowest BCUT2D eigenvalue weighted by Gasteiger charge is -2.06. The quantitative estimate of drug-likeness (QED) is 0.691. The molecule has 0 radical (unpaired) electrons. The highest BCUT2D eigenvalue weighted by Crippen LogP contribution is 2.20. The third kappa shape index (κ3) is 2.38. The summed E-state index contributed by atoms with van der Waals surface area (Å²) in [7, 11) is 0. The van der Waals surface area contributed by atoms with Gasteiger partial charge in [0.2, 0.25) is 0 Å². The first-order valence-corrected chi connectivity index (χ1v) is 5.40. The van der Waals surface area contributed by atoms with Crippen molar-refractivity contribution in [3.05, 3.63) is 34.8 Å². The molecular weight excluding hydrogens is 208 g/mol. The maximum atomic E-state index is 5.69. The molecule has 0 aliphatic heterocycles. The average molecular weight is 220 g/mol. The summed E-state index contributed by atoms with van der Waals surface area (Å²) in [6.45, 7) is 0.758. The normalized spacial score (nSPS) is 10.1. The van der Waals surface area contributed by atoms with Gasteiger partial charge in [-0.1, -0.05) is 0 Å². The summed E-state index contributed by atoms with van der Waals surface area (Å²) in [6.07, 6.45) is 1.85. The van der Waals surface area contributed by atoms with Gasteiger partial charge in [-0.05, 0) is 18.2 Å². The first kappa shape index (κ1) is 9.79. The fraction of sp³-hybridized carbons (Fsp3) is 0.100. The molecule has 0 bridgehead atoms. The number of nitrogens with zero attached hydrogens (tertiary/aromatic N) is 1. The third-order valence-electron chi connectivity index (χ3n) is 2.04. The van der Waals surface area contributed by atoms with Crippen molar-refractivity contribution in [1.29, 1.82) is 0 Å². The summed E-state index contributed by atoms with van der Waals surface area (Å²) < 4.78 is 0. The maximum Gasteiger partial charge on any atom is 0.0794 e. The van der Waals surface area contributed by atoms with Gasteiger partial charge in [0.15, 0.2) is 0 Å². The van der Waals surface area contributed by atoms with Gasteiger partial charge in [0.1, 0.15) is 0 Å². The Bertz CT molecular complexity index is 439. The molecule has 0 saturated heterocycles. The van der Waals surface area contributed by atoms with Gasteiger partial charge in [0.05, 0.1) is 23.4 Å². The third-order valence-corrected chi connectivity index (χ3v) is 2.82. The molecule has 1 heterocycles. The lowest BCUT2D eigenvalue weighted by atomic mass is 10.2. The predicted octanol–water partition coefficient (Wildman–Crippen LogP) is 1.92. The van der Waals surface area contributed by atoms with E-state index in [1.807, 2.05) is 23.8 Å². The first-order chi connectivity index (χ1) is 7.25. The molecule has 15 heavy (non-hydrogen) atoms. The van der Waals surface area contributed by atoms with Crippen LogP contribution in [-0.4, -0.2) is 4.98 Å². The van der Waals surface area contributed by atoms with Gasteiger partial charge in [-0.15, -0.1) is 11.3 Å². The van der Waals surface area contributed by atoms with E-state index >= 15 is 0 Å². The minimum atomic E-state index is 0.601. The number of rotatable bonds is 3. The highest BCUT2D eigenvalue weighted by atomic mass is 32.1. The van der Waals surface area contributed by atoms with Gasteiger partial charge in [-0.3, -0.25) is 4.98 Å². The molecule has 0 saturated carbocycles. The molecule has 78 valence electrons. The SMILES string of the molecule is Nc1ccc(NCc2cncs2)cc1N. The Morgan fingerprint density at radius 3 is 2.80 bits per heavy atom. The van der Waals surface area contributed by atoms with Gasteiger partial charge in [0, 0.05) is 16.8 Å². The second-order valence-electron chi connectivity index (χ2n) is 3.16. The molecule has 5 heteroatoms. The van der Waals surface area contributed by atoms with Crippen LogP contribution in [0, 0.1) is 0 Å². The second-order valence-corrected chi connectivity index (χ2v) is 4.14. The monoisotopic (exact) mass is 220 g/mol. The molecule has 0 unspecified atom stereocenters. The molecule has 2 aromatic rings. The van der Waals surface area contributed by atoms with E-state index in [2.05, 4.69) is 10.3 Å². The van der Waals surface area contributed by atoms with E-state index in [1.165, 1.54) is 4.88 Å². The van der Waals surface area contributed by atoms with Gasteiger partial charge in [0.25, 0.3) is 0 Å². The molecular formula is C10H12N4S. The molecule has 0 amide bonds. The van der Waals surface area contributed by atoms with Gasteiger partial charge in [-0.2, -0.15) is 0 Å². The Balaban J connectivity index is 2.02. The van der Waals surface area contributed by atoms with Crippen LogP contribution >= 0.6 is 11.3 Å². The van der Waals surface area contributed by atoms with Crippen molar-refractivity contribution >= 4 is 28.4 Å². The zero-order chi connectivity index (χ0) is 10.7. The van der Waals surface area contributed by atoms with E-state index in [0.717, 1.165) is 12.2 Å². The Morgan fingerprint density at radius 2 is 2.13 bits per heavy atom. The van der Waals surface area contributed by atoms with Crippen LogP contribution in [0.1, 0.15) is 4.88 Å². The zero-order valence-corrected chi connectivity index (χ0v) is 8.92. The summed E-state index contributed by atoms with van der Waals surface area (Å²) >= 11 is 1.62. The number of nitrogens with one attached hydrogen (secondary N) is 1.